The normalized spacial score (nSPS) is 17.5. The molecule has 2 heterocycles. The summed E-state index contributed by atoms with van der Waals surface area (Å²) in [5.74, 6) is -1.47. The second-order valence-corrected chi connectivity index (χ2v) is 8.19. The van der Waals surface area contributed by atoms with Gasteiger partial charge in [-0.05, 0) is 36.4 Å². The van der Waals surface area contributed by atoms with Crippen LogP contribution < -0.4 is 0 Å². The van der Waals surface area contributed by atoms with Crippen molar-refractivity contribution in [1.82, 2.24) is 0 Å². The topological polar surface area (TPSA) is 46.3 Å². The monoisotopic (exact) mass is 511 g/mol. The number of alkyl halides is 3. The van der Waals surface area contributed by atoms with Gasteiger partial charge in [0.1, 0.15) is 0 Å². The molecule has 0 N–H and O–H groups in total. The van der Waals surface area contributed by atoms with Gasteiger partial charge in [0.05, 0.1) is 22.7 Å². The minimum atomic E-state index is -4.40. The van der Waals surface area contributed by atoms with Crippen LogP contribution in [0.1, 0.15) is 36.0 Å². The molecule has 0 saturated carbocycles. The number of allylic oxidation sites excluding steroid dienone is 6. The van der Waals surface area contributed by atoms with Gasteiger partial charge in [0.25, 0.3) is 0 Å². The molecule has 0 atom stereocenters. The minimum Gasteiger partial charge on any atom is -0.357 e. The van der Waals surface area contributed by atoms with Crippen molar-refractivity contribution in [2.75, 3.05) is 7.05 Å². The second-order valence-electron chi connectivity index (χ2n) is 8.19. The van der Waals surface area contributed by atoms with Crippen LogP contribution in [0.5, 0.6) is 0 Å². The van der Waals surface area contributed by atoms with Crippen molar-refractivity contribution in [3.8, 4) is 0 Å². The van der Waals surface area contributed by atoms with Crippen molar-refractivity contribution < 1.29 is 26.8 Å². The Kier molecular flexibility index (Phi) is 7.91. The third-order valence-electron chi connectivity index (χ3n) is 5.63. The molecule has 190 valence electrons. The molecular weight excluding hydrogens is 489 g/mol. The van der Waals surface area contributed by atoms with Crippen LogP contribution in [-0.2, 0) is 11.0 Å². The lowest BCUT2D eigenvalue weighted by Gasteiger charge is -2.14. The van der Waals surface area contributed by atoms with Crippen LogP contribution in [-0.4, -0.2) is 24.7 Å². The van der Waals surface area contributed by atoms with Gasteiger partial charge >= 0.3 is 6.18 Å². The summed E-state index contributed by atoms with van der Waals surface area (Å²) in [5, 5.41) is 4.07. The number of benzene rings is 2. The van der Waals surface area contributed by atoms with Gasteiger partial charge in [0, 0.05) is 49.2 Å². The SMILES string of the molecule is CN=CC1=CCC(c2cccc(F)c2F)=N/C1=C/C=C\CC1=NOC(c2ccc(C(F)(F)F)cc2)=CC1. The molecule has 2 aliphatic heterocycles. The number of halogens is 5. The van der Waals surface area contributed by atoms with Crippen molar-refractivity contribution in [3.63, 3.8) is 0 Å². The Morgan fingerprint density at radius 1 is 1.03 bits per heavy atom. The van der Waals surface area contributed by atoms with E-state index in [1.807, 2.05) is 12.2 Å². The van der Waals surface area contributed by atoms with E-state index in [-0.39, 0.29) is 5.56 Å². The minimum absolute atomic E-state index is 0.114. The highest BCUT2D eigenvalue weighted by molar-refractivity contribution is 6.05. The standard InChI is InChI=1S/C28H22F5N3O/c1-34-17-19-11-15-25(22-6-4-7-23(29)27(22)30)35-24(19)8-3-2-5-21-14-16-26(37-36-21)18-9-12-20(13-10-18)28(31,32)33/h2-4,6-13,16-17H,5,14-15H2,1H3/b3-2-,24-8+,34-17?. The number of oxime groups is 1. The molecule has 0 bridgehead atoms. The molecule has 2 aliphatic rings. The fourth-order valence-corrected chi connectivity index (χ4v) is 3.73. The Hall–Kier alpha value is -4.14. The predicted octanol–water partition coefficient (Wildman–Crippen LogP) is 7.45. The van der Waals surface area contributed by atoms with E-state index in [1.165, 1.54) is 24.3 Å². The van der Waals surface area contributed by atoms with Gasteiger partial charge in [-0.25, -0.2) is 8.78 Å². The van der Waals surface area contributed by atoms with Crippen LogP contribution in [0.3, 0.4) is 0 Å². The zero-order chi connectivity index (χ0) is 26.4. The van der Waals surface area contributed by atoms with E-state index in [0.29, 0.717) is 42.0 Å². The third-order valence-corrected chi connectivity index (χ3v) is 5.63. The van der Waals surface area contributed by atoms with Gasteiger partial charge in [-0.3, -0.25) is 9.98 Å². The molecule has 0 unspecified atom stereocenters. The van der Waals surface area contributed by atoms with Gasteiger partial charge in [0.2, 0.25) is 0 Å². The molecule has 0 spiro atoms. The summed E-state index contributed by atoms with van der Waals surface area (Å²) >= 11 is 0. The van der Waals surface area contributed by atoms with E-state index >= 15 is 0 Å². The number of hydrogen-bond donors (Lipinski definition) is 0. The Balaban J connectivity index is 1.42. The van der Waals surface area contributed by atoms with E-state index in [4.69, 9.17) is 4.84 Å². The number of rotatable bonds is 6. The van der Waals surface area contributed by atoms with E-state index in [0.717, 1.165) is 29.5 Å². The first-order valence-corrected chi connectivity index (χ1v) is 11.4. The van der Waals surface area contributed by atoms with Crippen molar-refractivity contribution in [1.29, 1.82) is 0 Å². The molecule has 0 fully saturated rings. The highest BCUT2D eigenvalue weighted by Crippen LogP contribution is 2.31. The number of nitrogens with zero attached hydrogens (tertiary/aromatic N) is 3. The van der Waals surface area contributed by atoms with Crippen LogP contribution >= 0.6 is 0 Å². The van der Waals surface area contributed by atoms with E-state index in [1.54, 1.807) is 31.5 Å². The highest BCUT2D eigenvalue weighted by atomic mass is 19.4. The average Bonchev–Trinajstić information content (AvgIpc) is 2.89. The Morgan fingerprint density at radius 2 is 1.81 bits per heavy atom. The van der Waals surface area contributed by atoms with Crippen LogP contribution in [0.2, 0.25) is 0 Å². The first-order chi connectivity index (χ1) is 17.8. The molecule has 4 nitrogen and oxygen atoms in total. The molecule has 2 aromatic rings. The molecule has 0 amide bonds. The molecular formula is C28H22F5N3O. The smallest absolute Gasteiger partial charge is 0.357 e. The van der Waals surface area contributed by atoms with Gasteiger partial charge in [-0.1, -0.05) is 41.6 Å². The Bertz CT molecular complexity index is 1380. The maximum Gasteiger partial charge on any atom is 0.416 e. The summed E-state index contributed by atoms with van der Waals surface area (Å²) in [6.07, 6.45) is 7.53. The maximum absolute atomic E-state index is 14.3. The molecule has 0 aromatic heterocycles. The first kappa shape index (κ1) is 25.9. The van der Waals surface area contributed by atoms with E-state index < -0.39 is 23.4 Å². The van der Waals surface area contributed by atoms with Crippen molar-refractivity contribution in [2.24, 2.45) is 15.1 Å². The Labute approximate surface area is 210 Å². The fraction of sp³-hybridized carbons (Fsp3) is 0.179. The fourth-order valence-electron chi connectivity index (χ4n) is 3.73. The zero-order valence-corrected chi connectivity index (χ0v) is 19.8. The second kappa shape index (κ2) is 11.3. The molecule has 0 aliphatic carbocycles. The number of dihydropyridines is 1. The summed E-state index contributed by atoms with van der Waals surface area (Å²) in [6.45, 7) is 0. The third kappa shape index (κ3) is 6.35. The van der Waals surface area contributed by atoms with Crippen molar-refractivity contribution in [2.45, 2.75) is 25.4 Å². The molecule has 4 rings (SSSR count). The van der Waals surface area contributed by atoms with Crippen LogP contribution in [0.25, 0.3) is 5.76 Å². The number of hydrogen-bond acceptors (Lipinski definition) is 4. The van der Waals surface area contributed by atoms with Gasteiger partial charge < -0.3 is 4.84 Å². The van der Waals surface area contributed by atoms with Crippen molar-refractivity contribution in [3.05, 3.63) is 112 Å². The van der Waals surface area contributed by atoms with Gasteiger partial charge in [0.15, 0.2) is 17.4 Å². The lowest BCUT2D eigenvalue weighted by molar-refractivity contribution is -0.137. The summed E-state index contributed by atoms with van der Waals surface area (Å²) in [7, 11) is 1.63. The largest absolute Gasteiger partial charge is 0.416 e. The van der Waals surface area contributed by atoms with Gasteiger partial charge in [-0.2, -0.15) is 13.2 Å². The molecule has 0 saturated heterocycles. The van der Waals surface area contributed by atoms with Crippen LogP contribution in [0.15, 0.2) is 99.3 Å². The quantitative estimate of drug-likeness (QED) is 0.294. The molecule has 0 radical (unpaired) electrons. The molecule has 9 heteroatoms. The Morgan fingerprint density at radius 3 is 2.49 bits per heavy atom. The van der Waals surface area contributed by atoms with Crippen LogP contribution in [0, 0.1) is 11.6 Å². The zero-order valence-electron chi connectivity index (χ0n) is 19.8. The summed E-state index contributed by atoms with van der Waals surface area (Å²) in [5.41, 5.74) is 2.35. The summed E-state index contributed by atoms with van der Waals surface area (Å²) in [6, 6.07) is 8.70. The molecule has 2 aromatic carbocycles. The predicted molar refractivity (Wildman–Crippen MR) is 134 cm³/mol. The lowest BCUT2D eigenvalue weighted by Crippen LogP contribution is -2.10. The number of aliphatic imine (C=N–C) groups is 2. The first-order valence-electron chi connectivity index (χ1n) is 11.4. The maximum atomic E-state index is 14.3. The van der Waals surface area contributed by atoms with Crippen molar-refractivity contribution >= 4 is 23.4 Å². The lowest BCUT2D eigenvalue weighted by atomic mass is 10.00. The van der Waals surface area contributed by atoms with E-state index in [2.05, 4.69) is 15.1 Å². The van der Waals surface area contributed by atoms with E-state index in [9.17, 15) is 22.0 Å². The summed E-state index contributed by atoms with van der Waals surface area (Å²) in [4.78, 5) is 13.9. The summed E-state index contributed by atoms with van der Waals surface area (Å²) < 4.78 is 66.2. The molecule has 37 heavy (non-hydrogen) atoms. The highest BCUT2D eigenvalue weighted by Gasteiger charge is 2.30. The van der Waals surface area contributed by atoms with Gasteiger partial charge in [-0.15, -0.1) is 0 Å². The van der Waals surface area contributed by atoms with Crippen LogP contribution in [0.4, 0.5) is 22.0 Å². The average molecular weight is 511 g/mol.